The van der Waals surface area contributed by atoms with Crippen molar-refractivity contribution in [1.82, 2.24) is 4.90 Å². The molecule has 1 fully saturated rings. The average Bonchev–Trinajstić information content (AvgIpc) is 3.36. The van der Waals surface area contributed by atoms with E-state index in [-0.39, 0.29) is 29.5 Å². The minimum absolute atomic E-state index is 0.130. The van der Waals surface area contributed by atoms with Gasteiger partial charge in [-0.2, -0.15) is 0 Å². The second-order valence-electron chi connectivity index (χ2n) is 7.58. The fourth-order valence-corrected chi connectivity index (χ4v) is 3.58. The topological polar surface area (TPSA) is 104 Å². The Labute approximate surface area is 185 Å². The van der Waals surface area contributed by atoms with Gasteiger partial charge in [-0.05, 0) is 61.4 Å². The van der Waals surface area contributed by atoms with E-state index in [9.17, 15) is 14.4 Å². The number of amides is 4. The van der Waals surface area contributed by atoms with E-state index in [1.165, 1.54) is 6.26 Å². The normalized spacial score (nSPS) is 15.6. The average molecular weight is 432 g/mol. The van der Waals surface area contributed by atoms with Gasteiger partial charge in [-0.3, -0.25) is 9.59 Å². The first-order valence-electron chi connectivity index (χ1n) is 10.5. The summed E-state index contributed by atoms with van der Waals surface area (Å²) >= 11 is 0. The molecule has 4 rings (SSSR count). The highest BCUT2D eigenvalue weighted by Gasteiger charge is 2.28. The minimum Gasteiger partial charge on any atom is -0.459 e. The molecule has 1 aliphatic heterocycles. The lowest BCUT2D eigenvalue weighted by Crippen LogP contribution is -2.45. The van der Waals surface area contributed by atoms with Crippen molar-refractivity contribution in [3.05, 3.63) is 78.8 Å². The van der Waals surface area contributed by atoms with E-state index in [1.807, 2.05) is 30.3 Å². The highest BCUT2D eigenvalue weighted by Crippen LogP contribution is 2.21. The van der Waals surface area contributed by atoms with Crippen LogP contribution in [0.5, 0.6) is 0 Å². The van der Waals surface area contributed by atoms with E-state index >= 15 is 0 Å². The number of anilines is 3. The Hall–Kier alpha value is -4.07. The lowest BCUT2D eigenvalue weighted by Gasteiger charge is -2.32. The van der Waals surface area contributed by atoms with Crippen LogP contribution in [0.25, 0.3) is 0 Å². The quantitative estimate of drug-likeness (QED) is 0.555. The molecule has 2 heterocycles. The summed E-state index contributed by atoms with van der Waals surface area (Å²) in [6.07, 6.45) is 2.92. The fourth-order valence-electron chi connectivity index (χ4n) is 3.58. The second-order valence-corrected chi connectivity index (χ2v) is 7.58. The number of nitrogens with one attached hydrogen (secondary N) is 3. The summed E-state index contributed by atoms with van der Waals surface area (Å²) in [5.41, 5.74) is 1.94. The zero-order valence-corrected chi connectivity index (χ0v) is 17.4. The molecular formula is C24H24N4O4. The number of hydrogen-bond acceptors (Lipinski definition) is 4. The molecule has 0 unspecified atom stereocenters. The van der Waals surface area contributed by atoms with Crippen molar-refractivity contribution in [2.75, 3.05) is 29.0 Å². The van der Waals surface area contributed by atoms with Crippen LogP contribution in [0, 0.1) is 5.92 Å². The molecule has 0 bridgehead atoms. The van der Waals surface area contributed by atoms with Crippen LogP contribution in [-0.4, -0.2) is 35.8 Å². The van der Waals surface area contributed by atoms with E-state index < -0.39 is 0 Å². The van der Waals surface area contributed by atoms with E-state index in [0.717, 1.165) is 18.5 Å². The second kappa shape index (κ2) is 9.82. The number of carbonyl (C=O) groups is 3. The Bertz CT molecular complexity index is 1070. The molecule has 1 saturated heterocycles. The van der Waals surface area contributed by atoms with Gasteiger partial charge in [0.2, 0.25) is 5.91 Å². The third-order valence-corrected chi connectivity index (χ3v) is 5.26. The van der Waals surface area contributed by atoms with Crippen LogP contribution in [0.1, 0.15) is 23.4 Å². The maximum absolute atomic E-state index is 12.8. The number of urea groups is 1. The van der Waals surface area contributed by atoms with Crippen LogP contribution >= 0.6 is 0 Å². The number of hydrogen-bond donors (Lipinski definition) is 3. The van der Waals surface area contributed by atoms with Crippen LogP contribution in [0.15, 0.2) is 77.4 Å². The Kier molecular flexibility index (Phi) is 6.50. The summed E-state index contributed by atoms with van der Waals surface area (Å²) in [6.45, 7) is 0.980. The molecule has 3 aromatic rings. The molecule has 4 amide bonds. The van der Waals surface area contributed by atoms with Gasteiger partial charge in [0.15, 0.2) is 5.76 Å². The number of carbonyl (C=O) groups excluding carboxylic acids is 3. The molecule has 2 aromatic carbocycles. The van der Waals surface area contributed by atoms with E-state index in [0.29, 0.717) is 24.5 Å². The van der Waals surface area contributed by atoms with Crippen molar-refractivity contribution in [2.45, 2.75) is 12.8 Å². The summed E-state index contributed by atoms with van der Waals surface area (Å²) in [4.78, 5) is 39.0. The third-order valence-electron chi connectivity index (χ3n) is 5.26. The van der Waals surface area contributed by atoms with E-state index in [1.54, 1.807) is 41.3 Å². The van der Waals surface area contributed by atoms with Gasteiger partial charge in [-0.15, -0.1) is 0 Å². The smallest absolute Gasteiger partial charge is 0.321 e. The number of piperidine rings is 1. The summed E-state index contributed by atoms with van der Waals surface area (Å²) in [5.74, 6) is -0.540. The van der Waals surface area contributed by atoms with Gasteiger partial charge in [-0.1, -0.05) is 18.2 Å². The molecule has 32 heavy (non-hydrogen) atoms. The molecule has 1 aliphatic rings. The van der Waals surface area contributed by atoms with Crippen molar-refractivity contribution in [3.8, 4) is 0 Å². The number of nitrogens with zero attached hydrogens (tertiary/aromatic N) is 1. The maximum atomic E-state index is 12.8. The summed E-state index contributed by atoms with van der Waals surface area (Å²) in [6, 6.07) is 19.1. The number of rotatable bonds is 5. The van der Waals surface area contributed by atoms with E-state index in [2.05, 4.69) is 16.0 Å². The zero-order valence-electron chi connectivity index (χ0n) is 17.4. The van der Waals surface area contributed by atoms with Gasteiger partial charge >= 0.3 is 6.03 Å². The minimum atomic E-state index is -0.345. The molecule has 1 atom stereocenters. The molecule has 0 spiro atoms. The van der Waals surface area contributed by atoms with Gasteiger partial charge in [0.25, 0.3) is 5.91 Å². The van der Waals surface area contributed by atoms with Crippen molar-refractivity contribution in [3.63, 3.8) is 0 Å². The first-order chi connectivity index (χ1) is 15.6. The molecule has 164 valence electrons. The Morgan fingerprint density at radius 2 is 1.50 bits per heavy atom. The Balaban J connectivity index is 1.30. The zero-order chi connectivity index (χ0) is 22.3. The highest BCUT2D eigenvalue weighted by atomic mass is 16.3. The first kappa shape index (κ1) is 21.2. The molecule has 8 nitrogen and oxygen atoms in total. The van der Waals surface area contributed by atoms with Crippen molar-refractivity contribution >= 4 is 34.9 Å². The SMILES string of the molecule is O=C(Nc1ccc(NC(=O)[C@H]2CCCN(C(=O)Nc3ccccc3)C2)cc1)c1ccco1. The molecule has 1 aromatic heterocycles. The van der Waals surface area contributed by atoms with E-state index in [4.69, 9.17) is 4.42 Å². The van der Waals surface area contributed by atoms with Crippen LogP contribution in [0.4, 0.5) is 21.9 Å². The van der Waals surface area contributed by atoms with Crippen molar-refractivity contribution in [2.24, 2.45) is 5.92 Å². The Morgan fingerprint density at radius 1 is 0.812 bits per heavy atom. The third kappa shape index (κ3) is 5.34. The standard InChI is InChI=1S/C24H24N4O4/c29-22(17-6-4-14-28(16-17)24(31)27-18-7-2-1-3-8-18)25-19-10-12-20(13-11-19)26-23(30)21-9-5-15-32-21/h1-3,5,7-13,15,17H,4,6,14,16H2,(H,25,29)(H,26,30)(H,27,31)/t17-/m0/s1. The first-order valence-corrected chi connectivity index (χ1v) is 10.5. The van der Waals surface area contributed by atoms with Crippen LogP contribution in [0.2, 0.25) is 0 Å². The molecule has 0 aliphatic carbocycles. The number of benzene rings is 2. The van der Waals surface area contributed by atoms with Crippen LogP contribution < -0.4 is 16.0 Å². The van der Waals surface area contributed by atoms with Crippen molar-refractivity contribution in [1.29, 1.82) is 0 Å². The number of furan rings is 1. The highest BCUT2D eigenvalue weighted by molar-refractivity contribution is 6.02. The summed E-state index contributed by atoms with van der Waals surface area (Å²) < 4.78 is 5.07. The predicted molar refractivity (Wildman–Crippen MR) is 121 cm³/mol. The summed E-state index contributed by atoms with van der Waals surface area (Å²) in [7, 11) is 0. The lowest BCUT2D eigenvalue weighted by atomic mass is 9.97. The van der Waals surface area contributed by atoms with Gasteiger partial charge in [0, 0.05) is 30.2 Å². The van der Waals surface area contributed by atoms with Gasteiger partial charge in [0.1, 0.15) is 0 Å². The number of likely N-dealkylation sites (tertiary alicyclic amines) is 1. The lowest BCUT2D eigenvalue weighted by molar-refractivity contribution is -0.121. The summed E-state index contributed by atoms with van der Waals surface area (Å²) in [5, 5.41) is 8.50. The van der Waals surface area contributed by atoms with Crippen molar-refractivity contribution < 1.29 is 18.8 Å². The molecule has 0 radical (unpaired) electrons. The molecule has 0 saturated carbocycles. The Morgan fingerprint density at radius 3 is 2.19 bits per heavy atom. The molecule has 3 N–H and O–H groups in total. The van der Waals surface area contributed by atoms with Gasteiger partial charge in [0.05, 0.1) is 12.2 Å². The van der Waals surface area contributed by atoms with Gasteiger partial charge in [-0.25, -0.2) is 4.79 Å². The monoisotopic (exact) mass is 432 g/mol. The fraction of sp³-hybridized carbons (Fsp3) is 0.208. The molecular weight excluding hydrogens is 408 g/mol. The number of para-hydroxylation sites is 1. The molecule has 8 heteroatoms. The van der Waals surface area contributed by atoms with Crippen LogP contribution in [-0.2, 0) is 4.79 Å². The largest absolute Gasteiger partial charge is 0.459 e. The van der Waals surface area contributed by atoms with Crippen LogP contribution in [0.3, 0.4) is 0 Å². The van der Waals surface area contributed by atoms with Gasteiger partial charge < -0.3 is 25.3 Å². The maximum Gasteiger partial charge on any atom is 0.321 e. The predicted octanol–water partition coefficient (Wildman–Crippen LogP) is 4.41.